The van der Waals surface area contributed by atoms with Crippen LogP contribution >= 0.6 is 12.6 Å². The minimum Gasteiger partial charge on any atom is -0.495 e. The lowest BCUT2D eigenvalue weighted by Crippen LogP contribution is -2.37. The average Bonchev–Trinajstić information content (AvgIpc) is 3.63. The van der Waals surface area contributed by atoms with Gasteiger partial charge in [-0.15, -0.1) is 0 Å². The van der Waals surface area contributed by atoms with Crippen molar-refractivity contribution in [1.82, 2.24) is 20.9 Å². The number of aliphatic hydroxyl groups excluding tert-OH is 2. The number of aliphatic carboxylic acids is 2. The van der Waals surface area contributed by atoms with Crippen molar-refractivity contribution in [3.05, 3.63) is 69.2 Å². The summed E-state index contributed by atoms with van der Waals surface area (Å²) in [5.41, 5.74) is 6.45. The molecule has 0 radical (unpaired) electrons. The summed E-state index contributed by atoms with van der Waals surface area (Å²) in [5.74, 6) is -2.31. The van der Waals surface area contributed by atoms with Gasteiger partial charge in [0.1, 0.15) is 0 Å². The molecule has 1 aromatic heterocycles. The number of carboxylic acids is 2. The molecule has 3 aliphatic heterocycles. The van der Waals surface area contributed by atoms with Crippen LogP contribution in [0.5, 0.6) is 0 Å². The standard InChI is InChI=1S/C33H44N4O7S/c1-6-19-15(2)24(36-33(19)44)11-27-22(14-38)21(8-10-30(41)42)26(35-27)13-25-20(7-9-29(39)40)16(3)23(34-25)12-28-31(18(5)45)17(4)32(43)37-28/h6,12-13,15,17-18,24,27,31,34-36,38,44-45H,1,7-11,14H2,2-5H3,(H,37,43)(H,39,40)(H,41,42)/b26-13-,28-12-/t15?,17-,18?,24-,27?,31+/m1/s1. The Balaban J connectivity index is 1.76. The molecule has 244 valence electrons. The van der Waals surface area contributed by atoms with E-state index in [0.29, 0.717) is 34.5 Å². The Hall–Kier alpha value is -3.90. The Labute approximate surface area is 268 Å². The highest BCUT2D eigenvalue weighted by Crippen LogP contribution is 2.37. The number of hydrogen-bond acceptors (Lipinski definition) is 8. The first-order chi connectivity index (χ1) is 21.3. The predicted molar refractivity (Wildman–Crippen MR) is 175 cm³/mol. The topological polar surface area (TPSA) is 184 Å². The molecular formula is C33H44N4O7S. The summed E-state index contributed by atoms with van der Waals surface area (Å²) in [6.07, 6.45) is 6.06. The molecule has 0 aliphatic carbocycles. The highest BCUT2D eigenvalue weighted by atomic mass is 32.1. The number of carboxylic acid groups (broad SMARTS) is 2. The largest absolute Gasteiger partial charge is 0.495 e. The number of thiol groups is 1. The van der Waals surface area contributed by atoms with Crippen molar-refractivity contribution in [1.29, 1.82) is 0 Å². The summed E-state index contributed by atoms with van der Waals surface area (Å²) in [5, 5.41) is 49.3. The van der Waals surface area contributed by atoms with Crippen LogP contribution in [-0.2, 0) is 20.8 Å². The van der Waals surface area contributed by atoms with Crippen LogP contribution in [0.2, 0.25) is 0 Å². The molecule has 4 heterocycles. The quantitative estimate of drug-likeness (QED) is 0.145. The maximum atomic E-state index is 12.5. The molecule has 12 heteroatoms. The van der Waals surface area contributed by atoms with Gasteiger partial charge in [0, 0.05) is 70.2 Å². The van der Waals surface area contributed by atoms with Crippen molar-refractivity contribution in [2.75, 3.05) is 6.61 Å². The first kappa shape index (κ1) is 34.0. The number of H-pyrrole nitrogens is 1. The number of amides is 1. The number of hydrogen-bond donors (Lipinski definition) is 9. The van der Waals surface area contributed by atoms with Crippen LogP contribution in [0.4, 0.5) is 0 Å². The first-order valence-electron chi connectivity index (χ1n) is 15.3. The second kappa shape index (κ2) is 14.0. The van der Waals surface area contributed by atoms with Crippen LogP contribution in [0.1, 0.15) is 69.0 Å². The number of aromatic nitrogens is 1. The van der Waals surface area contributed by atoms with Gasteiger partial charge >= 0.3 is 11.9 Å². The van der Waals surface area contributed by atoms with Gasteiger partial charge in [-0.3, -0.25) is 14.4 Å². The zero-order valence-corrected chi connectivity index (χ0v) is 27.0. The van der Waals surface area contributed by atoms with Crippen LogP contribution in [0.15, 0.2) is 46.7 Å². The molecule has 3 aliphatic rings. The van der Waals surface area contributed by atoms with Crippen LogP contribution in [0.3, 0.4) is 0 Å². The van der Waals surface area contributed by atoms with E-state index in [1.165, 1.54) is 0 Å². The number of rotatable bonds is 13. The lowest BCUT2D eigenvalue weighted by Gasteiger charge is -2.23. The van der Waals surface area contributed by atoms with Gasteiger partial charge < -0.3 is 41.4 Å². The second-order valence-corrected chi connectivity index (χ2v) is 13.0. The summed E-state index contributed by atoms with van der Waals surface area (Å²) < 4.78 is 0. The highest BCUT2D eigenvalue weighted by Gasteiger charge is 2.38. The normalized spacial score (nSPS) is 27.2. The average molecular weight is 641 g/mol. The number of allylic oxidation sites excluding steroid dienone is 3. The van der Waals surface area contributed by atoms with E-state index >= 15 is 0 Å². The molecule has 0 bridgehead atoms. The summed E-state index contributed by atoms with van der Waals surface area (Å²) >= 11 is 4.62. The zero-order chi connectivity index (χ0) is 33.2. The highest BCUT2D eigenvalue weighted by molar-refractivity contribution is 7.80. The predicted octanol–water partition coefficient (Wildman–Crippen LogP) is 3.80. The molecule has 45 heavy (non-hydrogen) atoms. The van der Waals surface area contributed by atoms with Crippen LogP contribution in [0, 0.1) is 24.7 Å². The van der Waals surface area contributed by atoms with Crippen molar-refractivity contribution in [3.63, 3.8) is 0 Å². The lowest BCUT2D eigenvalue weighted by atomic mass is 9.89. The molecule has 1 aromatic rings. The first-order valence-corrected chi connectivity index (χ1v) is 15.8. The Bertz CT molecular complexity index is 1500. The molecule has 0 spiro atoms. The van der Waals surface area contributed by atoms with Gasteiger partial charge in [0.2, 0.25) is 5.91 Å². The minimum absolute atomic E-state index is 0.0355. The van der Waals surface area contributed by atoms with E-state index in [2.05, 4.69) is 40.1 Å². The van der Waals surface area contributed by atoms with Gasteiger partial charge in [-0.05, 0) is 60.6 Å². The maximum Gasteiger partial charge on any atom is 0.303 e. The number of nitrogens with one attached hydrogen (secondary N) is 4. The van der Waals surface area contributed by atoms with E-state index in [9.17, 15) is 34.8 Å². The number of aromatic amines is 1. The minimum atomic E-state index is -0.967. The Morgan fingerprint density at radius 2 is 1.71 bits per heavy atom. The van der Waals surface area contributed by atoms with Crippen molar-refractivity contribution < 1.29 is 34.8 Å². The number of carbonyl (C=O) groups excluding carboxylic acids is 1. The lowest BCUT2D eigenvalue weighted by molar-refractivity contribution is -0.138. The van der Waals surface area contributed by atoms with E-state index in [1.54, 1.807) is 6.08 Å². The van der Waals surface area contributed by atoms with Gasteiger partial charge in [-0.1, -0.05) is 33.4 Å². The number of aliphatic hydroxyl groups is 2. The Morgan fingerprint density at radius 1 is 1.04 bits per heavy atom. The molecule has 11 nitrogen and oxygen atoms in total. The molecule has 4 rings (SSSR count). The van der Waals surface area contributed by atoms with Gasteiger partial charge in [-0.2, -0.15) is 12.6 Å². The zero-order valence-electron chi connectivity index (χ0n) is 26.1. The monoisotopic (exact) mass is 640 g/mol. The van der Waals surface area contributed by atoms with Crippen LogP contribution in [-0.4, -0.2) is 67.2 Å². The van der Waals surface area contributed by atoms with E-state index < -0.39 is 11.9 Å². The van der Waals surface area contributed by atoms with Crippen LogP contribution in [0.25, 0.3) is 12.2 Å². The van der Waals surface area contributed by atoms with Crippen molar-refractivity contribution in [3.8, 4) is 0 Å². The molecule has 1 saturated heterocycles. The van der Waals surface area contributed by atoms with E-state index in [1.807, 2.05) is 39.8 Å². The second-order valence-electron chi connectivity index (χ2n) is 12.2. The van der Waals surface area contributed by atoms with Crippen molar-refractivity contribution >= 4 is 42.6 Å². The SMILES string of the molecule is C=CC1=C(O)N[C@H](CC2N/C(=C\c3[nH]c(/C=C4\NC(=O)[C@H](C)[C@H]4C(C)S)c(C)c3CCC(=O)O)C(CCC(=O)O)=C2CO)C1C. The molecule has 1 amide bonds. The maximum absolute atomic E-state index is 12.5. The Morgan fingerprint density at radius 3 is 2.29 bits per heavy atom. The summed E-state index contributed by atoms with van der Waals surface area (Å²) in [7, 11) is 0. The fraction of sp³-hybridized carbons (Fsp3) is 0.485. The molecule has 0 aromatic carbocycles. The van der Waals surface area contributed by atoms with E-state index in [4.69, 9.17) is 0 Å². The van der Waals surface area contributed by atoms with Gasteiger partial charge in [0.15, 0.2) is 5.88 Å². The van der Waals surface area contributed by atoms with Gasteiger partial charge in [0.05, 0.1) is 12.6 Å². The fourth-order valence-corrected chi connectivity index (χ4v) is 7.22. The third-order valence-electron chi connectivity index (χ3n) is 9.35. The van der Waals surface area contributed by atoms with E-state index in [0.717, 1.165) is 22.5 Å². The smallest absolute Gasteiger partial charge is 0.303 e. The third kappa shape index (κ3) is 7.17. The molecule has 1 fully saturated rings. The molecule has 0 saturated carbocycles. The van der Waals surface area contributed by atoms with Crippen molar-refractivity contribution in [2.45, 2.75) is 77.1 Å². The number of carbonyl (C=O) groups is 3. The van der Waals surface area contributed by atoms with Crippen molar-refractivity contribution in [2.24, 2.45) is 17.8 Å². The molecule has 8 N–H and O–H groups in total. The molecular weight excluding hydrogens is 596 g/mol. The summed E-state index contributed by atoms with van der Waals surface area (Å²) in [6.45, 7) is 11.2. The summed E-state index contributed by atoms with van der Waals surface area (Å²) in [6, 6.07) is -0.490. The van der Waals surface area contributed by atoms with E-state index in [-0.39, 0.29) is 79.2 Å². The Kier molecular flexibility index (Phi) is 10.6. The van der Waals surface area contributed by atoms with Gasteiger partial charge in [-0.25, -0.2) is 0 Å². The fourth-order valence-electron chi connectivity index (χ4n) is 6.81. The van der Waals surface area contributed by atoms with Gasteiger partial charge in [0.25, 0.3) is 0 Å². The third-order valence-corrected chi connectivity index (χ3v) is 9.67. The van der Waals surface area contributed by atoms with Crippen LogP contribution < -0.4 is 16.0 Å². The molecule has 6 atom stereocenters. The summed E-state index contributed by atoms with van der Waals surface area (Å²) in [4.78, 5) is 39.1. The molecule has 3 unspecified atom stereocenters.